The molecular weight excluding hydrogens is 341 g/mol. The highest BCUT2D eigenvalue weighted by molar-refractivity contribution is 5.91. The summed E-state index contributed by atoms with van der Waals surface area (Å²) in [5, 5.41) is 9.59. The molecule has 1 heterocycles. The molecule has 1 fully saturated rings. The summed E-state index contributed by atoms with van der Waals surface area (Å²) in [6, 6.07) is 23.1. The normalized spacial score (nSPS) is 19.0. The molecule has 0 aromatic heterocycles. The second kappa shape index (κ2) is 7.23. The van der Waals surface area contributed by atoms with Gasteiger partial charge in [0.1, 0.15) is 11.6 Å². The quantitative estimate of drug-likeness (QED) is 0.683. The number of β-lactam (4-membered cyclic amide) rings is 1. The SMILES string of the molecule is O=C1C(c2ccc(F)cc2)C(c2ccc(O)cc2)N1CCc1ccccc1. The van der Waals surface area contributed by atoms with Crippen molar-refractivity contribution in [1.29, 1.82) is 0 Å². The Labute approximate surface area is 157 Å². The smallest absolute Gasteiger partial charge is 0.233 e. The maximum atomic E-state index is 13.3. The molecule has 0 saturated carbocycles. The van der Waals surface area contributed by atoms with Gasteiger partial charge in [0.05, 0.1) is 12.0 Å². The van der Waals surface area contributed by atoms with Gasteiger partial charge in [-0.15, -0.1) is 0 Å². The largest absolute Gasteiger partial charge is 0.508 e. The van der Waals surface area contributed by atoms with E-state index in [2.05, 4.69) is 12.1 Å². The zero-order chi connectivity index (χ0) is 18.8. The summed E-state index contributed by atoms with van der Waals surface area (Å²) in [6.07, 6.45) is 0.775. The number of phenols is 1. The Bertz CT molecular complexity index is 923. The second-order valence-electron chi connectivity index (χ2n) is 6.83. The molecule has 3 aromatic rings. The van der Waals surface area contributed by atoms with Gasteiger partial charge in [-0.25, -0.2) is 4.39 Å². The minimum Gasteiger partial charge on any atom is -0.508 e. The summed E-state index contributed by atoms with van der Waals surface area (Å²) in [5.74, 6) is -0.396. The minimum atomic E-state index is -0.328. The Balaban J connectivity index is 1.61. The van der Waals surface area contributed by atoms with Gasteiger partial charge in [-0.1, -0.05) is 54.6 Å². The summed E-state index contributed by atoms with van der Waals surface area (Å²) in [7, 11) is 0. The number of halogens is 1. The van der Waals surface area contributed by atoms with Crippen LogP contribution < -0.4 is 0 Å². The van der Waals surface area contributed by atoms with E-state index in [1.807, 2.05) is 35.2 Å². The van der Waals surface area contributed by atoms with Crippen molar-refractivity contribution in [2.24, 2.45) is 0 Å². The van der Waals surface area contributed by atoms with Crippen molar-refractivity contribution in [3.05, 3.63) is 101 Å². The van der Waals surface area contributed by atoms with Crippen LogP contribution in [0.3, 0.4) is 0 Å². The van der Waals surface area contributed by atoms with Crippen LogP contribution in [0.4, 0.5) is 4.39 Å². The van der Waals surface area contributed by atoms with Crippen LogP contribution in [0.5, 0.6) is 5.75 Å². The van der Waals surface area contributed by atoms with E-state index < -0.39 is 0 Å². The van der Waals surface area contributed by atoms with Crippen LogP contribution in [-0.2, 0) is 11.2 Å². The zero-order valence-corrected chi connectivity index (χ0v) is 14.8. The predicted octanol–water partition coefficient (Wildman–Crippen LogP) is 4.44. The number of phenolic OH excluding ortho intramolecular Hbond substituents is 1. The molecule has 27 heavy (non-hydrogen) atoms. The molecular formula is C23H20FNO2. The van der Waals surface area contributed by atoms with Crippen LogP contribution in [0.25, 0.3) is 0 Å². The fraction of sp³-hybridized carbons (Fsp3) is 0.174. The first-order chi connectivity index (χ1) is 13.1. The number of aromatic hydroxyl groups is 1. The molecule has 0 bridgehead atoms. The van der Waals surface area contributed by atoms with E-state index in [-0.39, 0.29) is 29.4 Å². The van der Waals surface area contributed by atoms with Crippen molar-refractivity contribution in [3.8, 4) is 5.75 Å². The Kier molecular flexibility index (Phi) is 4.63. The lowest BCUT2D eigenvalue weighted by Gasteiger charge is -2.48. The Hall–Kier alpha value is -3.14. The molecule has 0 spiro atoms. The van der Waals surface area contributed by atoms with E-state index in [0.717, 1.165) is 17.5 Å². The van der Waals surface area contributed by atoms with Gasteiger partial charge in [-0.05, 0) is 47.4 Å². The van der Waals surface area contributed by atoms with Gasteiger partial charge < -0.3 is 10.0 Å². The highest BCUT2D eigenvalue weighted by atomic mass is 19.1. The number of hydrogen-bond donors (Lipinski definition) is 1. The lowest BCUT2D eigenvalue weighted by atomic mass is 9.77. The number of benzene rings is 3. The van der Waals surface area contributed by atoms with Gasteiger partial charge in [0.25, 0.3) is 0 Å². The molecule has 0 aliphatic carbocycles. The highest BCUT2D eigenvalue weighted by Gasteiger charge is 2.48. The van der Waals surface area contributed by atoms with Crippen molar-refractivity contribution in [2.75, 3.05) is 6.54 Å². The number of amides is 1. The highest BCUT2D eigenvalue weighted by Crippen LogP contribution is 2.46. The molecule has 1 aliphatic heterocycles. The van der Waals surface area contributed by atoms with Crippen molar-refractivity contribution >= 4 is 5.91 Å². The summed E-state index contributed by atoms with van der Waals surface area (Å²) in [6.45, 7) is 0.617. The number of likely N-dealkylation sites (tertiary alicyclic amines) is 1. The first-order valence-electron chi connectivity index (χ1n) is 9.02. The third kappa shape index (κ3) is 3.43. The minimum absolute atomic E-state index is 0.0515. The maximum absolute atomic E-state index is 13.3. The van der Waals surface area contributed by atoms with Crippen molar-refractivity contribution in [2.45, 2.75) is 18.4 Å². The molecule has 4 rings (SSSR count). The van der Waals surface area contributed by atoms with Crippen molar-refractivity contribution < 1.29 is 14.3 Å². The molecule has 4 heteroatoms. The van der Waals surface area contributed by atoms with Gasteiger partial charge >= 0.3 is 0 Å². The first kappa shape index (κ1) is 17.3. The van der Waals surface area contributed by atoms with E-state index in [1.165, 1.54) is 17.7 Å². The van der Waals surface area contributed by atoms with E-state index in [4.69, 9.17) is 0 Å². The van der Waals surface area contributed by atoms with E-state index >= 15 is 0 Å². The van der Waals surface area contributed by atoms with E-state index in [9.17, 15) is 14.3 Å². The molecule has 136 valence electrons. The lowest BCUT2D eigenvalue weighted by molar-refractivity contribution is -0.150. The fourth-order valence-electron chi connectivity index (χ4n) is 3.73. The van der Waals surface area contributed by atoms with Gasteiger partial charge in [0, 0.05) is 6.54 Å². The molecule has 1 N–H and O–H groups in total. The number of hydrogen-bond acceptors (Lipinski definition) is 2. The van der Waals surface area contributed by atoms with Gasteiger partial charge in [-0.3, -0.25) is 4.79 Å². The fourth-order valence-corrected chi connectivity index (χ4v) is 3.73. The number of carbonyl (C=O) groups is 1. The molecule has 3 nitrogen and oxygen atoms in total. The Morgan fingerprint density at radius 3 is 2.15 bits per heavy atom. The summed E-state index contributed by atoms with van der Waals surface area (Å²) >= 11 is 0. The molecule has 1 amide bonds. The summed E-state index contributed by atoms with van der Waals surface area (Å²) < 4.78 is 13.3. The third-order valence-electron chi connectivity index (χ3n) is 5.15. The van der Waals surface area contributed by atoms with Gasteiger partial charge in [0.15, 0.2) is 0 Å². The number of rotatable bonds is 5. The maximum Gasteiger partial charge on any atom is 0.233 e. The van der Waals surface area contributed by atoms with Crippen LogP contribution in [-0.4, -0.2) is 22.5 Å². The molecule has 2 atom stereocenters. The van der Waals surface area contributed by atoms with E-state index in [1.54, 1.807) is 24.3 Å². The monoisotopic (exact) mass is 361 g/mol. The Morgan fingerprint density at radius 2 is 1.48 bits per heavy atom. The van der Waals surface area contributed by atoms with Crippen LogP contribution >= 0.6 is 0 Å². The number of carbonyl (C=O) groups excluding carboxylic acids is 1. The zero-order valence-electron chi connectivity index (χ0n) is 14.8. The topological polar surface area (TPSA) is 40.5 Å². The summed E-state index contributed by atoms with van der Waals surface area (Å²) in [5.41, 5.74) is 2.96. The van der Waals surface area contributed by atoms with E-state index in [0.29, 0.717) is 6.54 Å². The van der Waals surface area contributed by atoms with Crippen molar-refractivity contribution in [3.63, 3.8) is 0 Å². The molecule has 1 aliphatic rings. The molecule has 3 aromatic carbocycles. The summed E-state index contributed by atoms with van der Waals surface area (Å²) in [4.78, 5) is 14.8. The lowest BCUT2D eigenvalue weighted by Crippen LogP contribution is -2.53. The van der Waals surface area contributed by atoms with Crippen LogP contribution in [0.1, 0.15) is 28.7 Å². The van der Waals surface area contributed by atoms with Crippen LogP contribution in [0.2, 0.25) is 0 Å². The average Bonchev–Trinajstić information content (AvgIpc) is 2.69. The third-order valence-corrected chi connectivity index (χ3v) is 5.15. The Morgan fingerprint density at radius 1 is 0.852 bits per heavy atom. The average molecular weight is 361 g/mol. The van der Waals surface area contributed by atoms with Crippen LogP contribution in [0.15, 0.2) is 78.9 Å². The van der Waals surface area contributed by atoms with Gasteiger partial charge in [-0.2, -0.15) is 0 Å². The standard InChI is InChI=1S/C23H20FNO2/c24-19-10-6-17(7-11-19)21-22(18-8-12-20(26)13-9-18)25(23(21)27)15-14-16-4-2-1-3-5-16/h1-13,21-22,26H,14-15H2. The second-order valence-corrected chi connectivity index (χ2v) is 6.83. The molecule has 2 unspecified atom stereocenters. The van der Waals surface area contributed by atoms with Crippen molar-refractivity contribution in [1.82, 2.24) is 4.90 Å². The molecule has 1 saturated heterocycles. The molecule has 0 radical (unpaired) electrons. The first-order valence-corrected chi connectivity index (χ1v) is 9.02. The van der Waals surface area contributed by atoms with Gasteiger partial charge in [0.2, 0.25) is 5.91 Å². The predicted molar refractivity (Wildman–Crippen MR) is 102 cm³/mol. The number of nitrogens with zero attached hydrogens (tertiary/aromatic N) is 1. The van der Waals surface area contributed by atoms with Crippen LogP contribution in [0, 0.1) is 5.82 Å².